The number of hydrogen-bond donors (Lipinski definition) is 1. The van der Waals surface area contributed by atoms with Crippen LogP contribution in [0.1, 0.15) is 38.3 Å². The number of fused-ring (bicyclic) bond motifs is 1. The minimum atomic E-state index is 0.888. The molecule has 19 heavy (non-hydrogen) atoms. The van der Waals surface area contributed by atoms with Crippen LogP contribution in [0, 0.1) is 5.92 Å². The summed E-state index contributed by atoms with van der Waals surface area (Å²) in [6, 6.07) is 8.53. The van der Waals surface area contributed by atoms with Crippen molar-refractivity contribution in [3.63, 3.8) is 0 Å². The van der Waals surface area contributed by atoms with Gasteiger partial charge in [-0.3, -0.25) is 4.68 Å². The summed E-state index contributed by atoms with van der Waals surface area (Å²) in [6.45, 7) is 5.12. The SMILES string of the molecule is CCn1nc(CNCC2CCCC2)c2ccccc21. The number of benzene rings is 1. The van der Waals surface area contributed by atoms with Crippen LogP contribution in [-0.2, 0) is 13.1 Å². The number of nitrogens with one attached hydrogen (secondary N) is 1. The van der Waals surface area contributed by atoms with Gasteiger partial charge >= 0.3 is 0 Å². The third-order valence-electron chi connectivity index (χ3n) is 4.23. The zero-order valence-electron chi connectivity index (χ0n) is 11.7. The second-order valence-electron chi connectivity index (χ2n) is 5.56. The molecule has 3 heteroatoms. The van der Waals surface area contributed by atoms with Crippen molar-refractivity contribution in [2.24, 2.45) is 5.92 Å². The standard InChI is InChI=1S/C16H23N3/c1-2-19-16-10-6-5-9-14(16)15(18-19)12-17-11-13-7-3-4-8-13/h5-6,9-10,13,17H,2-4,7-8,11-12H2,1H3. The van der Waals surface area contributed by atoms with Crippen LogP contribution in [0.4, 0.5) is 0 Å². The van der Waals surface area contributed by atoms with E-state index in [1.807, 2.05) is 0 Å². The van der Waals surface area contributed by atoms with Gasteiger partial charge in [-0.05, 0) is 38.3 Å². The van der Waals surface area contributed by atoms with Gasteiger partial charge in [-0.25, -0.2) is 0 Å². The largest absolute Gasteiger partial charge is 0.311 e. The summed E-state index contributed by atoms with van der Waals surface area (Å²) in [6.07, 6.45) is 5.63. The highest BCUT2D eigenvalue weighted by atomic mass is 15.3. The average molecular weight is 257 g/mol. The monoisotopic (exact) mass is 257 g/mol. The van der Waals surface area contributed by atoms with Crippen molar-refractivity contribution in [1.29, 1.82) is 0 Å². The van der Waals surface area contributed by atoms with E-state index < -0.39 is 0 Å². The minimum absolute atomic E-state index is 0.888. The second-order valence-corrected chi connectivity index (χ2v) is 5.56. The van der Waals surface area contributed by atoms with Crippen LogP contribution in [0.5, 0.6) is 0 Å². The first-order chi connectivity index (χ1) is 9.38. The van der Waals surface area contributed by atoms with E-state index in [9.17, 15) is 0 Å². The van der Waals surface area contributed by atoms with Crippen LogP contribution in [-0.4, -0.2) is 16.3 Å². The van der Waals surface area contributed by atoms with Crippen molar-refractivity contribution in [1.82, 2.24) is 15.1 Å². The maximum Gasteiger partial charge on any atom is 0.0841 e. The van der Waals surface area contributed by atoms with Crippen LogP contribution < -0.4 is 5.32 Å². The van der Waals surface area contributed by atoms with Gasteiger partial charge in [-0.2, -0.15) is 5.10 Å². The highest BCUT2D eigenvalue weighted by Gasteiger charge is 2.15. The first-order valence-corrected chi connectivity index (χ1v) is 7.53. The van der Waals surface area contributed by atoms with E-state index in [2.05, 4.69) is 41.2 Å². The highest BCUT2D eigenvalue weighted by molar-refractivity contribution is 5.81. The van der Waals surface area contributed by atoms with Gasteiger partial charge in [0, 0.05) is 18.5 Å². The minimum Gasteiger partial charge on any atom is -0.311 e. The van der Waals surface area contributed by atoms with Gasteiger partial charge in [-0.1, -0.05) is 31.0 Å². The molecule has 1 N–H and O–H groups in total. The molecule has 0 atom stereocenters. The summed E-state index contributed by atoms with van der Waals surface area (Å²) < 4.78 is 2.10. The van der Waals surface area contributed by atoms with Crippen LogP contribution in [0.3, 0.4) is 0 Å². The topological polar surface area (TPSA) is 29.9 Å². The van der Waals surface area contributed by atoms with E-state index in [1.165, 1.54) is 42.3 Å². The quantitative estimate of drug-likeness (QED) is 0.890. The van der Waals surface area contributed by atoms with Crippen molar-refractivity contribution < 1.29 is 0 Å². The first kappa shape index (κ1) is 12.7. The van der Waals surface area contributed by atoms with Gasteiger partial charge in [0.15, 0.2) is 0 Å². The Morgan fingerprint density at radius 1 is 1.26 bits per heavy atom. The Morgan fingerprint density at radius 3 is 2.84 bits per heavy atom. The molecule has 0 spiro atoms. The zero-order chi connectivity index (χ0) is 13.1. The lowest BCUT2D eigenvalue weighted by atomic mass is 10.1. The summed E-state index contributed by atoms with van der Waals surface area (Å²) in [4.78, 5) is 0. The van der Waals surface area contributed by atoms with Crippen molar-refractivity contribution >= 4 is 10.9 Å². The number of hydrogen-bond acceptors (Lipinski definition) is 2. The van der Waals surface area contributed by atoms with Crippen LogP contribution >= 0.6 is 0 Å². The molecule has 0 bridgehead atoms. The van der Waals surface area contributed by atoms with Gasteiger partial charge in [0.25, 0.3) is 0 Å². The van der Waals surface area contributed by atoms with Gasteiger partial charge in [0.1, 0.15) is 0 Å². The fourth-order valence-electron chi connectivity index (χ4n) is 3.18. The lowest BCUT2D eigenvalue weighted by Gasteiger charge is -2.09. The smallest absolute Gasteiger partial charge is 0.0841 e. The molecule has 1 aromatic carbocycles. The Labute approximate surface area is 115 Å². The van der Waals surface area contributed by atoms with Crippen molar-refractivity contribution in [3.05, 3.63) is 30.0 Å². The van der Waals surface area contributed by atoms with E-state index in [0.29, 0.717) is 0 Å². The molecular formula is C16H23N3. The van der Waals surface area contributed by atoms with Crippen LogP contribution in [0.2, 0.25) is 0 Å². The zero-order valence-corrected chi connectivity index (χ0v) is 11.7. The summed E-state index contributed by atoms with van der Waals surface area (Å²) in [5.41, 5.74) is 2.44. The molecule has 0 amide bonds. The Kier molecular flexibility index (Phi) is 3.83. The van der Waals surface area contributed by atoms with Crippen LogP contribution in [0.15, 0.2) is 24.3 Å². The van der Waals surface area contributed by atoms with E-state index in [1.54, 1.807) is 0 Å². The normalized spacial score (nSPS) is 16.5. The lowest BCUT2D eigenvalue weighted by Crippen LogP contribution is -2.21. The van der Waals surface area contributed by atoms with Crippen molar-refractivity contribution in [3.8, 4) is 0 Å². The number of para-hydroxylation sites is 1. The van der Waals surface area contributed by atoms with Crippen molar-refractivity contribution in [2.75, 3.05) is 6.54 Å². The molecule has 1 aromatic heterocycles. The fraction of sp³-hybridized carbons (Fsp3) is 0.562. The summed E-state index contributed by atoms with van der Waals surface area (Å²) in [5, 5.41) is 9.62. The maximum absolute atomic E-state index is 4.73. The number of aryl methyl sites for hydroxylation is 1. The number of aromatic nitrogens is 2. The summed E-state index contributed by atoms with van der Waals surface area (Å²) >= 11 is 0. The molecule has 0 radical (unpaired) electrons. The lowest BCUT2D eigenvalue weighted by molar-refractivity contribution is 0.485. The molecule has 1 fully saturated rings. The van der Waals surface area contributed by atoms with E-state index in [0.717, 1.165) is 25.6 Å². The Bertz CT molecular complexity index is 538. The molecular weight excluding hydrogens is 234 g/mol. The third kappa shape index (κ3) is 2.66. The first-order valence-electron chi connectivity index (χ1n) is 7.53. The Balaban J connectivity index is 1.69. The molecule has 3 rings (SSSR count). The number of rotatable bonds is 5. The summed E-state index contributed by atoms with van der Waals surface area (Å²) in [5.74, 6) is 0.888. The highest BCUT2D eigenvalue weighted by Crippen LogP contribution is 2.24. The molecule has 1 heterocycles. The second kappa shape index (κ2) is 5.74. The molecule has 0 saturated heterocycles. The Hall–Kier alpha value is -1.35. The fourth-order valence-corrected chi connectivity index (χ4v) is 3.18. The van der Waals surface area contributed by atoms with E-state index in [4.69, 9.17) is 5.10 Å². The Morgan fingerprint density at radius 2 is 2.05 bits per heavy atom. The molecule has 102 valence electrons. The maximum atomic E-state index is 4.73. The predicted octanol–water partition coefficient (Wildman–Crippen LogP) is 3.34. The molecule has 1 aliphatic rings. The molecule has 1 aliphatic carbocycles. The van der Waals surface area contributed by atoms with Crippen molar-refractivity contribution in [2.45, 2.75) is 45.7 Å². The van der Waals surface area contributed by atoms with E-state index in [-0.39, 0.29) is 0 Å². The predicted molar refractivity (Wildman–Crippen MR) is 79.1 cm³/mol. The number of nitrogens with zero attached hydrogens (tertiary/aromatic N) is 2. The molecule has 1 saturated carbocycles. The van der Waals surface area contributed by atoms with Gasteiger partial charge in [0.2, 0.25) is 0 Å². The van der Waals surface area contributed by atoms with Gasteiger partial charge < -0.3 is 5.32 Å². The van der Waals surface area contributed by atoms with Crippen LogP contribution in [0.25, 0.3) is 10.9 Å². The third-order valence-corrected chi connectivity index (χ3v) is 4.23. The molecule has 3 nitrogen and oxygen atoms in total. The van der Waals surface area contributed by atoms with E-state index >= 15 is 0 Å². The molecule has 2 aromatic rings. The average Bonchev–Trinajstić information content (AvgIpc) is 3.07. The molecule has 0 aliphatic heterocycles. The van der Waals surface area contributed by atoms with Gasteiger partial charge in [0.05, 0.1) is 11.2 Å². The summed E-state index contributed by atoms with van der Waals surface area (Å²) in [7, 11) is 0. The van der Waals surface area contributed by atoms with Gasteiger partial charge in [-0.15, -0.1) is 0 Å². The molecule has 0 unspecified atom stereocenters.